The van der Waals surface area contributed by atoms with Crippen molar-refractivity contribution in [3.63, 3.8) is 0 Å². The van der Waals surface area contributed by atoms with Crippen molar-refractivity contribution in [2.45, 2.75) is 44.4 Å². The third kappa shape index (κ3) is 7.15. The van der Waals surface area contributed by atoms with Crippen LogP contribution in [0.2, 0.25) is 0 Å². The fourth-order valence-electron chi connectivity index (χ4n) is 5.14. The number of amides is 2. The van der Waals surface area contributed by atoms with Crippen LogP contribution in [0.5, 0.6) is 5.75 Å². The predicted molar refractivity (Wildman–Crippen MR) is 127 cm³/mol. The Morgan fingerprint density at radius 3 is 2.47 bits per heavy atom. The van der Waals surface area contributed by atoms with Crippen LogP contribution in [0.3, 0.4) is 0 Å². The average Bonchev–Trinajstić information content (AvgIpc) is 3.20. The van der Waals surface area contributed by atoms with Crippen LogP contribution in [0, 0.1) is 0 Å². The minimum Gasteiger partial charge on any atom is -0.484 e. The molecule has 1 aromatic rings. The highest BCUT2D eigenvalue weighted by atomic mass is 16.5. The number of piperidine rings is 1. The zero-order valence-electron chi connectivity index (χ0n) is 20.2. The van der Waals surface area contributed by atoms with Crippen molar-refractivity contribution in [1.82, 2.24) is 20.0 Å². The Balaban J connectivity index is 1.18. The second-order valence-corrected chi connectivity index (χ2v) is 9.86. The fourth-order valence-corrected chi connectivity index (χ4v) is 5.14. The molecule has 3 aliphatic rings. The van der Waals surface area contributed by atoms with Crippen LogP contribution < -0.4 is 10.1 Å². The van der Waals surface area contributed by atoms with Crippen molar-refractivity contribution in [2.24, 2.45) is 0 Å². The molecule has 0 aromatic heterocycles. The molecule has 0 unspecified atom stereocenters. The Morgan fingerprint density at radius 1 is 1.09 bits per heavy atom. The molecule has 2 amide bonds. The van der Waals surface area contributed by atoms with Gasteiger partial charge >= 0.3 is 0 Å². The monoisotopic (exact) mass is 474 g/mol. The van der Waals surface area contributed by atoms with Gasteiger partial charge in [-0.25, -0.2) is 0 Å². The third-order valence-electron chi connectivity index (χ3n) is 6.98. The van der Waals surface area contributed by atoms with Crippen LogP contribution in [0.25, 0.3) is 0 Å². The molecule has 3 saturated heterocycles. The minimum atomic E-state index is -0.691. The highest BCUT2D eigenvalue weighted by Gasteiger charge is 2.38. The van der Waals surface area contributed by atoms with E-state index in [4.69, 9.17) is 9.47 Å². The summed E-state index contributed by atoms with van der Waals surface area (Å²) in [5.41, 5.74) is 0.469. The highest BCUT2D eigenvalue weighted by Crippen LogP contribution is 2.26. The lowest BCUT2D eigenvalue weighted by atomic mass is 9.99. The number of likely N-dealkylation sites (tertiary alicyclic amines) is 2. The van der Waals surface area contributed by atoms with Gasteiger partial charge in [-0.1, -0.05) is 12.1 Å². The Hall–Kier alpha value is -2.20. The Kier molecular flexibility index (Phi) is 8.41. The molecule has 9 heteroatoms. The smallest absolute Gasteiger partial charge is 0.260 e. The SMILES string of the molecule is CC(=O)NC1CCN(C[C@@]2(O)CCN(Cc3ccc(OCC(=O)N4CCOCC4)cc3)C2)CC1. The second-order valence-electron chi connectivity index (χ2n) is 9.86. The number of ether oxygens (including phenoxy) is 2. The number of morpholine rings is 1. The quantitative estimate of drug-likeness (QED) is 0.565. The summed E-state index contributed by atoms with van der Waals surface area (Å²) in [6, 6.07) is 8.12. The van der Waals surface area contributed by atoms with Gasteiger partial charge in [0.2, 0.25) is 5.91 Å². The first-order chi connectivity index (χ1) is 16.4. The summed E-state index contributed by atoms with van der Waals surface area (Å²) >= 11 is 0. The van der Waals surface area contributed by atoms with Gasteiger partial charge in [0.25, 0.3) is 5.91 Å². The molecule has 0 bridgehead atoms. The molecular weight excluding hydrogens is 436 g/mol. The largest absolute Gasteiger partial charge is 0.484 e. The van der Waals surface area contributed by atoms with Gasteiger partial charge in [-0.3, -0.25) is 14.5 Å². The van der Waals surface area contributed by atoms with E-state index in [2.05, 4.69) is 15.1 Å². The fraction of sp³-hybridized carbons (Fsp3) is 0.680. The van der Waals surface area contributed by atoms with E-state index in [0.717, 1.165) is 51.0 Å². The van der Waals surface area contributed by atoms with Gasteiger partial charge in [0.05, 0.1) is 18.8 Å². The van der Waals surface area contributed by atoms with Crippen LogP contribution in [-0.4, -0.2) is 109 Å². The van der Waals surface area contributed by atoms with Crippen LogP contribution in [0.4, 0.5) is 0 Å². The van der Waals surface area contributed by atoms with Crippen molar-refractivity contribution < 1.29 is 24.2 Å². The van der Waals surface area contributed by atoms with E-state index in [1.165, 1.54) is 0 Å². The van der Waals surface area contributed by atoms with Crippen LogP contribution >= 0.6 is 0 Å². The lowest BCUT2D eigenvalue weighted by Crippen LogP contribution is -2.50. The maximum atomic E-state index is 12.2. The van der Waals surface area contributed by atoms with Crippen LogP contribution in [-0.2, 0) is 20.9 Å². The molecule has 2 N–H and O–H groups in total. The van der Waals surface area contributed by atoms with Crippen molar-refractivity contribution in [3.8, 4) is 5.75 Å². The lowest BCUT2D eigenvalue weighted by Gasteiger charge is -2.36. The van der Waals surface area contributed by atoms with E-state index >= 15 is 0 Å². The molecule has 0 spiro atoms. The summed E-state index contributed by atoms with van der Waals surface area (Å²) < 4.78 is 11.0. The summed E-state index contributed by atoms with van der Waals surface area (Å²) in [7, 11) is 0. The summed E-state index contributed by atoms with van der Waals surface area (Å²) in [6.07, 6.45) is 2.64. The number of carbonyl (C=O) groups excluding carboxylic acids is 2. The van der Waals surface area contributed by atoms with Crippen LogP contribution in [0.15, 0.2) is 24.3 Å². The van der Waals surface area contributed by atoms with E-state index < -0.39 is 5.60 Å². The Labute approximate surface area is 202 Å². The number of hydrogen-bond acceptors (Lipinski definition) is 7. The van der Waals surface area contributed by atoms with E-state index in [0.29, 0.717) is 45.1 Å². The molecule has 3 heterocycles. The number of rotatable bonds is 8. The van der Waals surface area contributed by atoms with E-state index in [1.54, 1.807) is 11.8 Å². The maximum absolute atomic E-state index is 12.2. The van der Waals surface area contributed by atoms with Gasteiger partial charge in [0.1, 0.15) is 5.75 Å². The molecule has 3 aliphatic heterocycles. The Morgan fingerprint density at radius 2 is 1.79 bits per heavy atom. The van der Waals surface area contributed by atoms with Crippen LogP contribution in [0.1, 0.15) is 31.7 Å². The Bertz CT molecular complexity index is 821. The van der Waals surface area contributed by atoms with E-state index in [-0.39, 0.29) is 24.5 Å². The molecule has 0 saturated carbocycles. The summed E-state index contributed by atoms with van der Waals surface area (Å²) in [4.78, 5) is 29.9. The number of β-amino-alcohol motifs (C(OH)–C–C–N with tert-alkyl or cyclic N) is 1. The minimum absolute atomic E-state index is 0.0110. The first-order valence-electron chi connectivity index (χ1n) is 12.4. The number of nitrogens with one attached hydrogen (secondary N) is 1. The third-order valence-corrected chi connectivity index (χ3v) is 6.98. The van der Waals surface area contributed by atoms with Gasteiger partial charge in [-0.05, 0) is 37.0 Å². The summed E-state index contributed by atoms with van der Waals surface area (Å²) in [6.45, 7) is 8.82. The number of aliphatic hydroxyl groups is 1. The number of carbonyl (C=O) groups is 2. The van der Waals surface area contributed by atoms with Gasteiger partial charge in [0.15, 0.2) is 6.61 Å². The van der Waals surface area contributed by atoms with Crippen molar-refractivity contribution >= 4 is 11.8 Å². The van der Waals surface area contributed by atoms with Crippen molar-refractivity contribution in [1.29, 1.82) is 0 Å². The zero-order chi connectivity index (χ0) is 24.0. The number of benzene rings is 1. The maximum Gasteiger partial charge on any atom is 0.260 e. The molecule has 0 radical (unpaired) electrons. The molecule has 1 aromatic carbocycles. The molecule has 1 atom stereocenters. The van der Waals surface area contributed by atoms with E-state index in [9.17, 15) is 14.7 Å². The predicted octanol–water partition coefficient (Wildman–Crippen LogP) is 0.462. The standard InChI is InChI=1S/C25H38N4O5/c1-20(30)26-22-6-9-27(10-7-22)18-25(32)8-11-28(19-25)16-21-2-4-23(5-3-21)34-17-24(31)29-12-14-33-15-13-29/h2-5,22,32H,6-19H2,1H3,(H,26,30)/t25-/m0/s1. The first kappa shape index (κ1) is 24.9. The van der Waals surface area contributed by atoms with Crippen molar-refractivity contribution in [2.75, 3.05) is 65.6 Å². The molecular formula is C25H38N4O5. The summed E-state index contributed by atoms with van der Waals surface area (Å²) in [5, 5.41) is 14.2. The molecule has 3 fully saturated rings. The first-order valence-corrected chi connectivity index (χ1v) is 12.4. The number of nitrogens with zero attached hydrogens (tertiary/aromatic N) is 3. The molecule has 4 rings (SSSR count). The summed E-state index contributed by atoms with van der Waals surface area (Å²) in [5.74, 6) is 0.707. The zero-order valence-corrected chi connectivity index (χ0v) is 20.2. The van der Waals surface area contributed by atoms with Gasteiger partial charge in [-0.15, -0.1) is 0 Å². The topological polar surface area (TPSA) is 94.6 Å². The molecule has 188 valence electrons. The molecule has 0 aliphatic carbocycles. The second kappa shape index (κ2) is 11.5. The lowest BCUT2D eigenvalue weighted by molar-refractivity contribution is -0.137. The highest BCUT2D eigenvalue weighted by molar-refractivity contribution is 5.77. The van der Waals surface area contributed by atoms with Gasteiger partial charge in [-0.2, -0.15) is 0 Å². The van der Waals surface area contributed by atoms with Gasteiger partial charge in [0, 0.05) is 65.3 Å². The van der Waals surface area contributed by atoms with Crippen molar-refractivity contribution in [3.05, 3.63) is 29.8 Å². The number of hydrogen-bond donors (Lipinski definition) is 2. The molecule has 9 nitrogen and oxygen atoms in total. The average molecular weight is 475 g/mol. The molecule has 34 heavy (non-hydrogen) atoms. The van der Waals surface area contributed by atoms with E-state index in [1.807, 2.05) is 24.3 Å². The normalized spacial score (nSPS) is 24.8. The van der Waals surface area contributed by atoms with Gasteiger partial charge < -0.3 is 29.7 Å².